The summed E-state index contributed by atoms with van der Waals surface area (Å²) in [5.74, 6) is 1.48. The molecule has 3 N–H and O–H groups in total. The Morgan fingerprint density at radius 3 is 2.92 bits per heavy atom. The van der Waals surface area contributed by atoms with Crippen molar-refractivity contribution in [3.63, 3.8) is 0 Å². The molecule has 0 aliphatic carbocycles. The van der Waals surface area contributed by atoms with Crippen molar-refractivity contribution in [2.24, 2.45) is 5.92 Å². The van der Waals surface area contributed by atoms with Crippen molar-refractivity contribution < 1.29 is 4.79 Å². The molecule has 2 aromatic rings. The van der Waals surface area contributed by atoms with E-state index in [1.54, 1.807) is 0 Å². The van der Waals surface area contributed by atoms with Crippen LogP contribution in [0.1, 0.15) is 38.6 Å². The van der Waals surface area contributed by atoms with Crippen LogP contribution >= 0.6 is 11.3 Å². The van der Waals surface area contributed by atoms with E-state index in [0.29, 0.717) is 28.4 Å². The molecule has 0 saturated heterocycles. The molecule has 0 fully saturated rings. The first-order valence-electron chi connectivity index (χ1n) is 8.08. The molecular formula is C15H21N7OS. The standard InChI is InChI=1S/C15H21N7OS/c1-4-5-10-21-22-15(24-10)20-13-11-12(16-7-17-13)18-9(6-8(2)3)14(23)19-11/h7-9H,4-6H2,1-3H3,(H,19,23)(H2,16,17,18,20,22). The number of anilines is 4. The lowest BCUT2D eigenvalue weighted by Gasteiger charge is -2.27. The number of hydrogen-bond acceptors (Lipinski definition) is 8. The highest BCUT2D eigenvalue weighted by atomic mass is 32.1. The van der Waals surface area contributed by atoms with E-state index in [0.717, 1.165) is 24.3 Å². The molecule has 1 aliphatic rings. The molecule has 0 aromatic carbocycles. The summed E-state index contributed by atoms with van der Waals surface area (Å²) in [5.41, 5.74) is 0.551. The van der Waals surface area contributed by atoms with Gasteiger partial charge < -0.3 is 16.0 Å². The zero-order valence-corrected chi connectivity index (χ0v) is 14.8. The fourth-order valence-corrected chi connectivity index (χ4v) is 3.35. The van der Waals surface area contributed by atoms with Gasteiger partial charge in [0.15, 0.2) is 11.6 Å². The summed E-state index contributed by atoms with van der Waals surface area (Å²) in [5, 5.41) is 19.1. The number of carbonyl (C=O) groups is 1. The Bertz CT molecular complexity index is 730. The summed E-state index contributed by atoms with van der Waals surface area (Å²) in [6.45, 7) is 6.27. The number of aryl methyl sites for hydroxylation is 1. The zero-order valence-electron chi connectivity index (χ0n) is 14.0. The van der Waals surface area contributed by atoms with Gasteiger partial charge in [0.05, 0.1) is 0 Å². The van der Waals surface area contributed by atoms with Gasteiger partial charge in [-0.25, -0.2) is 9.97 Å². The minimum absolute atomic E-state index is 0.0713. The predicted octanol–water partition coefficient (Wildman–Crippen LogP) is 2.80. The molecule has 0 bridgehead atoms. The topological polar surface area (TPSA) is 105 Å². The highest BCUT2D eigenvalue weighted by Crippen LogP contribution is 2.33. The SMILES string of the molecule is CCCc1nnc(Nc2ncnc3c2NC(=O)C(CC(C)C)N3)s1. The number of aromatic nitrogens is 4. The maximum Gasteiger partial charge on any atom is 0.247 e. The van der Waals surface area contributed by atoms with E-state index < -0.39 is 0 Å². The Kier molecular flexibility index (Phi) is 4.89. The number of carbonyl (C=O) groups excluding carboxylic acids is 1. The van der Waals surface area contributed by atoms with Gasteiger partial charge in [0.1, 0.15) is 23.1 Å². The van der Waals surface area contributed by atoms with Gasteiger partial charge in [-0.15, -0.1) is 10.2 Å². The zero-order chi connectivity index (χ0) is 17.1. The van der Waals surface area contributed by atoms with E-state index >= 15 is 0 Å². The second-order valence-corrected chi connectivity index (χ2v) is 7.20. The normalized spacial score (nSPS) is 16.5. The summed E-state index contributed by atoms with van der Waals surface area (Å²) in [4.78, 5) is 20.8. The fourth-order valence-electron chi connectivity index (χ4n) is 2.51. The van der Waals surface area contributed by atoms with Crippen LogP contribution in [0.3, 0.4) is 0 Å². The first-order valence-corrected chi connectivity index (χ1v) is 8.90. The molecule has 0 spiro atoms. The van der Waals surface area contributed by atoms with Crippen molar-refractivity contribution in [2.45, 2.75) is 46.1 Å². The second kappa shape index (κ2) is 7.08. The van der Waals surface area contributed by atoms with E-state index in [2.05, 4.69) is 56.9 Å². The lowest BCUT2D eigenvalue weighted by atomic mass is 10.0. The van der Waals surface area contributed by atoms with Crippen molar-refractivity contribution in [2.75, 3.05) is 16.0 Å². The molecule has 1 amide bonds. The van der Waals surface area contributed by atoms with Crippen molar-refractivity contribution >= 4 is 39.7 Å². The maximum absolute atomic E-state index is 12.3. The van der Waals surface area contributed by atoms with Crippen LogP contribution in [0.5, 0.6) is 0 Å². The first-order chi connectivity index (χ1) is 11.6. The number of rotatable bonds is 6. The van der Waals surface area contributed by atoms with Crippen LogP contribution in [0, 0.1) is 5.92 Å². The van der Waals surface area contributed by atoms with Crippen molar-refractivity contribution in [3.8, 4) is 0 Å². The molecule has 1 aliphatic heterocycles. The molecule has 1 unspecified atom stereocenters. The largest absolute Gasteiger partial charge is 0.356 e. The third-order valence-corrected chi connectivity index (χ3v) is 4.48. The Labute approximate surface area is 144 Å². The van der Waals surface area contributed by atoms with Crippen molar-refractivity contribution in [1.29, 1.82) is 0 Å². The number of hydrogen-bond donors (Lipinski definition) is 3. The van der Waals surface area contributed by atoms with E-state index in [9.17, 15) is 4.79 Å². The number of nitrogens with zero attached hydrogens (tertiary/aromatic N) is 4. The molecule has 0 saturated carbocycles. The second-order valence-electron chi connectivity index (χ2n) is 6.14. The number of amides is 1. The number of fused-ring (bicyclic) bond motifs is 1. The molecule has 2 aromatic heterocycles. The van der Waals surface area contributed by atoms with Crippen LogP contribution in [-0.2, 0) is 11.2 Å². The van der Waals surface area contributed by atoms with Crippen LogP contribution in [-0.4, -0.2) is 32.1 Å². The fraction of sp³-hybridized carbons (Fsp3) is 0.533. The van der Waals surface area contributed by atoms with E-state index in [1.807, 2.05) is 0 Å². The van der Waals surface area contributed by atoms with Crippen LogP contribution in [0.2, 0.25) is 0 Å². The van der Waals surface area contributed by atoms with Gasteiger partial charge in [0, 0.05) is 6.42 Å². The van der Waals surface area contributed by atoms with Crippen molar-refractivity contribution in [1.82, 2.24) is 20.2 Å². The number of nitrogens with one attached hydrogen (secondary N) is 3. The monoisotopic (exact) mass is 347 g/mol. The van der Waals surface area contributed by atoms with Crippen molar-refractivity contribution in [3.05, 3.63) is 11.3 Å². The van der Waals surface area contributed by atoms with Gasteiger partial charge in [0.2, 0.25) is 11.0 Å². The third-order valence-electron chi connectivity index (χ3n) is 3.59. The van der Waals surface area contributed by atoms with Gasteiger partial charge in [-0.05, 0) is 18.8 Å². The highest BCUT2D eigenvalue weighted by Gasteiger charge is 2.29. The highest BCUT2D eigenvalue weighted by molar-refractivity contribution is 7.15. The van der Waals surface area contributed by atoms with E-state index in [-0.39, 0.29) is 11.9 Å². The molecule has 8 nitrogen and oxygen atoms in total. The molecule has 9 heteroatoms. The van der Waals surface area contributed by atoms with E-state index in [1.165, 1.54) is 17.7 Å². The summed E-state index contributed by atoms with van der Waals surface area (Å²) in [6, 6.07) is -0.280. The van der Waals surface area contributed by atoms with Gasteiger partial charge in [-0.3, -0.25) is 4.79 Å². The summed E-state index contributed by atoms with van der Waals surface area (Å²) in [7, 11) is 0. The average Bonchev–Trinajstić information content (AvgIpc) is 2.96. The van der Waals surface area contributed by atoms with Gasteiger partial charge in [-0.1, -0.05) is 32.1 Å². The smallest absolute Gasteiger partial charge is 0.247 e. The Morgan fingerprint density at radius 1 is 1.33 bits per heavy atom. The minimum Gasteiger partial charge on any atom is -0.356 e. The molecule has 0 radical (unpaired) electrons. The Hall–Kier alpha value is -2.29. The lowest BCUT2D eigenvalue weighted by molar-refractivity contribution is -0.117. The predicted molar refractivity (Wildman–Crippen MR) is 94.7 cm³/mol. The van der Waals surface area contributed by atoms with Crippen LogP contribution in [0.25, 0.3) is 0 Å². The van der Waals surface area contributed by atoms with Crippen LogP contribution < -0.4 is 16.0 Å². The summed E-state index contributed by atoms with van der Waals surface area (Å²) >= 11 is 1.49. The Morgan fingerprint density at radius 2 is 2.17 bits per heavy atom. The average molecular weight is 347 g/mol. The molecule has 128 valence electrons. The molecule has 3 rings (SSSR count). The van der Waals surface area contributed by atoms with Crippen LogP contribution in [0.15, 0.2) is 6.33 Å². The van der Waals surface area contributed by atoms with Gasteiger partial charge >= 0.3 is 0 Å². The molecule has 1 atom stereocenters. The maximum atomic E-state index is 12.3. The van der Waals surface area contributed by atoms with Crippen LogP contribution in [0.4, 0.5) is 22.5 Å². The lowest BCUT2D eigenvalue weighted by Crippen LogP contribution is -2.40. The summed E-state index contributed by atoms with van der Waals surface area (Å²) in [6.07, 6.45) is 4.13. The minimum atomic E-state index is -0.280. The quantitative estimate of drug-likeness (QED) is 0.738. The van der Waals surface area contributed by atoms with Gasteiger partial charge in [-0.2, -0.15) is 0 Å². The van der Waals surface area contributed by atoms with E-state index in [4.69, 9.17) is 0 Å². The Balaban J connectivity index is 1.80. The molecule has 3 heterocycles. The molecule has 24 heavy (non-hydrogen) atoms. The van der Waals surface area contributed by atoms with Gasteiger partial charge in [0.25, 0.3) is 0 Å². The first kappa shape index (κ1) is 16.6. The summed E-state index contributed by atoms with van der Waals surface area (Å²) < 4.78 is 0. The molecular weight excluding hydrogens is 326 g/mol. The third kappa shape index (κ3) is 3.61.